The maximum absolute atomic E-state index is 9.86. The lowest BCUT2D eigenvalue weighted by Crippen LogP contribution is -2.55. The van der Waals surface area contributed by atoms with Gasteiger partial charge in [-0.25, -0.2) is 0 Å². The molecule has 2 heterocycles. The van der Waals surface area contributed by atoms with Gasteiger partial charge in [0.2, 0.25) is 0 Å². The molecule has 4 nitrogen and oxygen atoms in total. The number of para-hydroxylation sites is 2. The molecule has 0 aliphatic carbocycles. The van der Waals surface area contributed by atoms with Crippen molar-refractivity contribution < 1.29 is 5.11 Å². The van der Waals surface area contributed by atoms with Gasteiger partial charge in [0.1, 0.15) is 6.23 Å². The lowest BCUT2D eigenvalue weighted by atomic mass is 10.2. The molecule has 0 saturated carbocycles. The van der Waals surface area contributed by atoms with Gasteiger partial charge in [0.05, 0.1) is 0 Å². The lowest BCUT2D eigenvalue weighted by molar-refractivity contribution is 0.0342. The smallest absolute Gasteiger partial charge is 0.117 e. The fourth-order valence-corrected chi connectivity index (χ4v) is 4.02. The molecule has 4 heteroatoms. The van der Waals surface area contributed by atoms with E-state index in [0.29, 0.717) is 6.04 Å². The van der Waals surface area contributed by atoms with E-state index in [2.05, 4.69) is 70.2 Å². The maximum atomic E-state index is 9.86. The Morgan fingerprint density at radius 3 is 2.21 bits per heavy atom. The van der Waals surface area contributed by atoms with E-state index in [1.165, 1.54) is 21.8 Å². The van der Waals surface area contributed by atoms with Crippen molar-refractivity contribution in [1.82, 2.24) is 14.8 Å². The topological polar surface area (TPSA) is 40.4 Å². The van der Waals surface area contributed by atoms with E-state index in [1.807, 2.05) is 0 Å². The first kappa shape index (κ1) is 15.6. The van der Waals surface area contributed by atoms with Gasteiger partial charge < -0.3 is 9.67 Å². The lowest BCUT2D eigenvalue weighted by Gasteiger charge is -2.35. The summed E-state index contributed by atoms with van der Waals surface area (Å²) < 4.78 is 2.44. The molecule has 1 saturated heterocycles. The quantitative estimate of drug-likeness (QED) is 0.776. The number of β-amino-alcohol motifs (C(OH)–C–C–N with tert-alkyl or cyclic N) is 1. The van der Waals surface area contributed by atoms with Gasteiger partial charge in [-0.15, -0.1) is 0 Å². The first-order chi connectivity index (χ1) is 11.7. The third kappa shape index (κ3) is 2.93. The average Bonchev–Trinajstić information content (AvgIpc) is 2.89. The molecule has 0 spiro atoms. The highest BCUT2D eigenvalue weighted by Gasteiger charge is 2.21. The molecule has 1 fully saturated rings. The second-order valence-corrected chi connectivity index (χ2v) is 6.88. The number of aryl methyl sites for hydroxylation is 1. The Kier molecular flexibility index (Phi) is 4.27. The molecular weight excluding hydrogens is 298 g/mol. The molecule has 0 amide bonds. The Labute approximate surface area is 142 Å². The maximum Gasteiger partial charge on any atom is 0.117 e. The van der Waals surface area contributed by atoms with Crippen LogP contribution in [-0.2, 0) is 6.54 Å². The second kappa shape index (κ2) is 6.55. The van der Waals surface area contributed by atoms with Gasteiger partial charge in [0.15, 0.2) is 0 Å². The summed E-state index contributed by atoms with van der Waals surface area (Å²) in [5.41, 5.74) is 2.62. The monoisotopic (exact) mass is 323 g/mol. The van der Waals surface area contributed by atoms with E-state index in [-0.39, 0.29) is 0 Å². The molecule has 1 aliphatic rings. The number of aromatic nitrogens is 1. The number of hydrogen-bond acceptors (Lipinski definition) is 3. The Hall–Kier alpha value is -1.88. The fraction of sp³-hybridized carbons (Fsp3) is 0.400. The summed E-state index contributed by atoms with van der Waals surface area (Å²) in [5, 5.41) is 15.7. The summed E-state index contributed by atoms with van der Waals surface area (Å²) in [4.78, 5) is 2.36. The predicted molar refractivity (Wildman–Crippen MR) is 99.1 cm³/mol. The van der Waals surface area contributed by atoms with Crippen molar-refractivity contribution >= 4 is 21.8 Å². The molecule has 2 aromatic carbocycles. The average molecular weight is 323 g/mol. The Balaban J connectivity index is 1.54. The molecule has 2 atom stereocenters. The summed E-state index contributed by atoms with van der Waals surface area (Å²) in [6.07, 6.45) is 0.684. The van der Waals surface area contributed by atoms with Gasteiger partial charge in [0.25, 0.3) is 0 Å². The third-order valence-electron chi connectivity index (χ3n) is 4.98. The van der Waals surface area contributed by atoms with Crippen molar-refractivity contribution in [3.63, 3.8) is 0 Å². The minimum Gasteiger partial charge on any atom is -0.377 e. The summed E-state index contributed by atoms with van der Waals surface area (Å²) in [7, 11) is 0. The highest BCUT2D eigenvalue weighted by atomic mass is 16.3. The van der Waals surface area contributed by atoms with Crippen LogP contribution in [0.15, 0.2) is 48.5 Å². The molecular formula is C20H25N3O. The van der Waals surface area contributed by atoms with Crippen molar-refractivity contribution in [1.29, 1.82) is 0 Å². The molecule has 2 N–H and O–H groups in total. The number of hydrogen-bond donors (Lipinski definition) is 2. The number of piperazine rings is 1. The number of nitrogens with zero attached hydrogens (tertiary/aromatic N) is 2. The van der Waals surface area contributed by atoms with Crippen molar-refractivity contribution in [2.75, 3.05) is 19.6 Å². The summed E-state index contributed by atoms with van der Waals surface area (Å²) in [6.45, 7) is 5.87. The van der Waals surface area contributed by atoms with Crippen LogP contribution in [0.3, 0.4) is 0 Å². The normalized spacial score (nSPS) is 22.4. The minimum absolute atomic E-state index is 0.349. The largest absolute Gasteiger partial charge is 0.377 e. The number of aliphatic hydroxyl groups excluding tert-OH is 1. The van der Waals surface area contributed by atoms with E-state index in [4.69, 9.17) is 0 Å². The van der Waals surface area contributed by atoms with E-state index in [1.54, 1.807) is 0 Å². The second-order valence-electron chi connectivity index (χ2n) is 6.88. The van der Waals surface area contributed by atoms with Crippen LogP contribution >= 0.6 is 0 Å². The predicted octanol–water partition coefficient (Wildman–Crippen LogP) is 2.80. The fourth-order valence-electron chi connectivity index (χ4n) is 4.02. The van der Waals surface area contributed by atoms with Crippen molar-refractivity contribution in [3.05, 3.63) is 48.5 Å². The van der Waals surface area contributed by atoms with Crippen LogP contribution in [0.25, 0.3) is 21.8 Å². The van der Waals surface area contributed by atoms with Gasteiger partial charge >= 0.3 is 0 Å². The van der Waals surface area contributed by atoms with Gasteiger partial charge in [-0.2, -0.15) is 0 Å². The van der Waals surface area contributed by atoms with Crippen LogP contribution < -0.4 is 5.32 Å². The van der Waals surface area contributed by atoms with Crippen molar-refractivity contribution in [2.24, 2.45) is 0 Å². The first-order valence-corrected chi connectivity index (χ1v) is 8.85. The summed E-state index contributed by atoms with van der Waals surface area (Å²) >= 11 is 0. The SMILES string of the molecule is C[C@@H]1CN(CCCn2c3ccccc3c3ccccc32)C[C@H](O)N1. The zero-order valence-corrected chi connectivity index (χ0v) is 14.2. The number of benzene rings is 2. The summed E-state index contributed by atoms with van der Waals surface area (Å²) in [6, 6.07) is 17.7. The number of rotatable bonds is 4. The van der Waals surface area contributed by atoms with Crippen molar-refractivity contribution in [3.8, 4) is 0 Å². The molecule has 0 bridgehead atoms. The first-order valence-electron chi connectivity index (χ1n) is 8.85. The molecule has 24 heavy (non-hydrogen) atoms. The van der Waals surface area contributed by atoms with Crippen LogP contribution in [-0.4, -0.2) is 46.5 Å². The van der Waals surface area contributed by atoms with Crippen LogP contribution in [0, 0.1) is 0 Å². The van der Waals surface area contributed by atoms with E-state index >= 15 is 0 Å². The number of fused-ring (bicyclic) bond motifs is 3. The van der Waals surface area contributed by atoms with Gasteiger partial charge in [-0.3, -0.25) is 10.2 Å². The number of nitrogens with one attached hydrogen (secondary N) is 1. The standard InChI is InChI=1S/C20H25N3O/c1-15-13-22(14-20(24)21-15)11-6-12-23-18-9-4-2-7-16(18)17-8-3-5-10-19(17)23/h2-5,7-10,15,20-21,24H,6,11-14H2,1H3/t15-,20+/m1/s1. The third-order valence-corrected chi connectivity index (χ3v) is 4.98. The van der Waals surface area contributed by atoms with E-state index in [0.717, 1.165) is 32.6 Å². The van der Waals surface area contributed by atoms with Gasteiger partial charge in [0, 0.05) is 54.0 Å². The molecule has 4 rings (SSSR count). The van der Waals surface area contributed by atoms with E-state index < -0.39 is 6.23 Å². The molecule has 126 valence electrons. The Morgan fingerprint density at radius 2 is 1.58 bits per heavy atom. The zero-order chi connectivity index (χ0) is 16.5. The molecule has 0 unspecified atom stereocenters. The van der Waals surface area contributed by atoms with E-state index in [9.17, 15) is 5.11 Å². The Bertz CT molecular complexity index is 778. The van der Waals surface area contributed by atoms with Gasteiger partial charge in [-0.05, 0) is 25.5 Å². The number of aliphatic hydroxyl groups is 1. The zero-order valence-electron chi connectivity index (χ0n) is 14.2. The van der Waals surface area contributed by atoms with Crippen LogP contribution in [0.5, 0.6) is 0 Å². The van der Waals surface area contributed by atoms with Crippen LogP contribution in [0.1, 0.15) is 13.3 Å². The highest BCUT2D eigenvalue weighted by molar-refractivity contribution is 6.07. The molecule has 1 aliphatic heterocycles. The molecule has 1 aromatic heterocycles. The summed E-state index contributed by atoms with van der Waals surface area (Å²) in [5.74, 6) is 0. The van der Waals surface area contributed by atoms with Crippen LogP contribution in [0.2, 0.25) is 0 Å². The highest BCUT2D eigenvalue weighted by Crippen LogP contribution is 2.28. The Morgan fingerprint density at radius 1 is 0.958 bits per heavy atom. The van der Waals surface area contributed by atoms with Crippen molar-refractivity contribution in [2.45, 2.75) is 32.2 Å². The van der Waals surface area contributed by atoms with Gasteiger partial charge in [-0.1, -0.05) is 36.4 Å². The minimum atomic E-state index is -0.401. The van der Waals surface area contributed by atoms with Crippen LogP contribution in [0.4, 0.5) is 0 Å². The molecule has 3 aromatic rings. The molecule has 0 radical (unpaired) electrons.